The summed E-state index contributed by atoms with van der Waals surface area (Å²) in [4.78, 5) is 27.4. The van der Waals surface area contributed by atoms with Crippen molar-refractivity contribution in [3.05, 3.63) is 58.4 Å². The highest BCUT2D eigenvalue weighted by Gasteiger charge is 2.10. The van der Waals surface area contributed by atoms with Crippen molar-refractivity contribution >= 4 is 23.3 Å². The van der Waals surface area contributed by atoms with E-state index in [9.17, 15) is 18.4 Å². The Morgan fingerprint density at radius 2 is 2.04 bits per heavy atom. The van der Waals surface area contributed by atoms with Gasteiger partial charge >= 0.3 is 0 Å². The number of benzene rings is 1. The van der Waals surface area contributed by atoms with Gasteiger partial charge in [-0.15, -0.1) is 0 Å². The zero-order chi connectivity index (χ0) is 19.1. The third-order valence-corrected chi connectivity index (χ3v) is 3.62. The highest BCUT2D eigenvalue weighted by atomic mass is 35.5. The number of hydrogen-bond acceptors (Lipinski definition) is 4. The number of ketones is 1. The summed E-state index contributed by atoms with van der Waals surface area (Å²) in [6.07, 6.45) is -0.950. The lowest BCUT2D eigenvalue weighted by Crippen LogP contribution is -2.23. The van der Waals surface area contributed by atoms with E-state index in [1.165, 1.54) is 25.3 Å². The molecule has 1 N–H and O–H groups in total. The minimum absolute atomic E-state index is 0.0427. The Bertz CT molecular complexity index is 800. The first kappa shape index (κ1) is 19.8. The van der Waals surface area contributed by atoms with Crippen molar-refractivity contribution in [2.75, 3.05) is 6.61 Å². The Hall–Kier alpha value is -2.54. The number of nitrogens with zero attached hydrogens (tertiary/aromatic N) is 1. The van der Waals surface area contributed by atoms with Gasteiger partial charge in [-0.1, -0.05) is 17.7 Å². The first-order valence-electron chi connectivity index (χ1n) is 7.77. The number of ether oxygens (including phenoxy) is 1. The van der Waals surface area contributed by atoms with Gasteiger partial charge < -0.3 is 10.1 Å². The van der Waals surface area contributed by atoms with Crippen LogP contribution in [-0.2, 0) is 17.8 Å². The molecule has 0 aliphatic rings. The number of pyridine rings is 1. The van der Waals surface area contributed by atoms with E-state index in [2.05, 4.69) is 10.3 Å². The molecule has 1 amide bonds. The lowest BCUT2D eigenvalue weighted by molar-refractivity contribution is -0.116. The van der Waals surface area contributed by atoms with E-state index >= 15 is 0 Å². The van der Waals surface area contributed by atoms with E-state index in [0.717, 1.165) is 0 Å². The maximum Gasteiger partial charge on any atom is 0.272 e. The second-order valence-corrected chi connectivity index (χ2v) is 5.97. The van der Waals surface area contributed by atoms with E-state index in [4.69, 9.17) is 16.3 Å². The molecule has 1 aromatic heterocycles. The number of amides is 1. The Morgan fingerprint density at radius 1 is 1.27 bits per heavy atom. The van der Waals surface area contributed by atoms with Gasteiger partial charge in [-0.25, -0.2) is 8.78 Å². The summed E-state index contributed by atoms with van der Waals surface area (Å²) in [6, 6.07) is 7.75. The quantitative estimate of drug-likeness (QED) is 0.759. The third kappa shape index (κ3) is 6.07. The first-order valence-corrected chi connectivity index (χ1v) is 8.15. The zero-order valence-corrected chi connectivity index (χ0v) is 14.7. The van der Waals surface area contributed by atoms with Crippen LogP contribution in [0.25, 0.3) is 0 Å². The fraction of sp³-hybridized carbons (Fsp3) is 0.278. The van der Waals surface area contributed by atoms with E-state index in [0.29, 0.717) is 16.8 Å². The van der Waals surface area contributed by atoms with Crippen molar-refractivity contribution in [3.63, 3.8) is 0 Å². The van der Waals surface area contributed by atoms with Crippen molar-refractivity contribution < 1.29 is 23.1 Å². The van der Waals surface area contributed by atoms with Gasteiger partial charge in [0.15, 0.2) is 0 Å². The molecule has 0 spiro atoms. The van der Waals surface area contributed by atoms with Crippen LogP contribution in [0.15, 0.2) is 36.5 Å². The summed E-state index contributed by atoms with van der Waals surface area (Å²) in [5, 5.41) is 2.91. The summed E-state index contributed by atoms with van der Waals surface area (Å²) < 4.78 is 29.2. The van der Waals surface area contributed by atoms with E-state index in [1.807, 2.05) is 0 Å². The highest BCUT2D eigenvalue weighted by molar-refractivity contribution is 6.32. The maximum atomic E-state index is 12.2. The van der Waals surface area contributed by atoms with Gasteiger partial charge in [-0.2, -0.15) is 0 Å². The molecule has 0 fully saturated rings. The standard InChI is InChI=1S/C18H17ClF2N2O3/c1-11(24)6-14-8-13(4-5-22-14)18(25)23-9-12-2-3-16(15(19)7-12)26-10-17(20)21/h2-5,7-8,17H,6,9-10H2,1H3,(H,23,25). The van der Waals surface area contributed by atoms with Gasteiger partial charge in [0.1, 0.15) is 18.1 Å². The van der Waals surface area contributed by atoms with Gasteiger partial charge in [0, 0.05) is 30.4 Å². The second kappa shape index (κ2) is 9.24. The monoisotopic (exact) mass is 382 g/mol. The number of Topliss-reactive ketones (excluding diaryl/α,β-unsaturated/α-hetero) is 1. The van der Waals surface area contributed by atoms with Gasteiger partial charge in [0.05, 0.1) is 5.02 Å². The van der Waals surface area contributed by atoms with E-state index < -0.39 is 13.0 Å². The van der Waals surface area contributed by atoms with Crippen LogP contribution < -0.4 is 10.1 Å². The van der Waals surface area contributed by atoms with Crippen LogP contribution in [-0.4, -0.2) is 29.7 Å². The molecular formula is C18H17ClF2N2O3. The Labute approximate surface area is 154 Å². The fourth-order valence-corrected chi connectivity index (χ4v) is 2.44. The van der Waals surface area contributed by atoms with Crippen molar-refractivity contribution in [1.82, 2.24) is 10.3 Å². The molecule has 26 heavy (non-hydrogen) atoms. The molecule has 2 rings (SSSR count). The van der Waals surface area contributed by atoms with Gasteiger partial charge in [-0.05, 0) is 36.8 Å². The smallest absolute Gasteiger partial charge is 0.272 e. The van der Waals surface area contributed by atoms with Crippen molar-refractivity contribution in [1.29, 1.82) is 0 Å². The van der Waals surface area contributed by atoms with Crippen LogP contribution in [0.1, 0.15) is 28.5 Å². The number of rotatable bonds is 8. The van der Waals surface area contributed by atoms with Gasteiger partial charge in [0.25, 0.3) is 12.3 Å². The molecule has 1 aromatic carbocycles. The summed E-state index contributed by atoms with van der Waals surface area (Å²) in [7, 11) is 0. The normalized spacial score (nSPS) is 10.7. The predicted molar refractivity (Wildman–Crippen MR) is 92.7 cm³/mol. The fourth-order valence-electron chi connectivity index (χ4n) is 2.18. The van der Waals surface area contributed by atoms with Crippen LogP contribution in [0.2, 0.25) is 5.02 Å². The molecule has 0 saturated heterocycles. The molecule has 0 aliphatic heterocycles. The van der Waals surface area contributed by atoms with Gasteiger partial charge in [0.2, 0.25) is 0 Å². The first-order chi connectivity index (χ1) is 12.3. The minimum atomic E-state index is -2.58. The summed E-state index contributed by atoms with van der Waals surface area (Å²) >= 11 is 5.99. The van der Waals surface area contributed by atoms with Crippen LogP contribution in [0.3, 0.4) is 0 Å². The molecule has 0 saturated carbocycles. The number of aromatic nitrogens is 1. The topological polar surface area (TPSA) is 68.3 Å². The van der Waals surface area contributed by atoms with E-state index in [-0.39, 0.29) is 35.4 Å². The number of hydrogen-bond donors (Lipinski definition) is 1. The average molecular weight is 383 g/mol. The number of carbonyl (C=O) groups is 2. The number of halogens is 3. The molecule has 1 heterocycles. The lowest BCUT2D eigenvalue weighted by atomic mass is 10.1. The SMILES string of the molecule is CC(=O)Cc1cc(C(=O)NCc2ccc(OCC(F)F)c(Cl)c2)ccn1. The Balaban J connectivity index is 1.97. The van der Waals surface area contributed by atoms with E-state index in [1.54, 1.807) is 18.2 Å². The third-order valence-electron chi connectivity index (χ3n) is 3.32. The predicted octanol–water partition coefficient (Wildman–Crippen LogP) is 3.44. The van der Waals surface area contributed by atoms with Crippen LogP contribution in [0.4, 0.5) is 8.78 Å². The molecule has 0 unspecified atom stereocenters. The van der Waals surface area contributed by atoms with Crippen molar-refractivity contribution in [2.45, 2.75) is 26.3 Å². The number of alkyl halides is 2. The largest absolute Gasteiger partial charge is 0.486 e. The lowest BCUT2D eigenvalue weighted by Gasteiger charge is -2.10. The maximum absolute atomic E-state index is 12.2. The summed E-state index contributed by atoms with van der Waals surface area (Å²) in [5.74, 6) is -0.213. The summed E-state index contributed by atoms with van der Waals surface area (Å²) in [6.45, 7) is 0.908. The highest BCUT2D eigenvalue weighted by Crippen LogP contribution is 2.25. The Kier molecular flexibility index (Phi) is 7.03. The molecule has 0 aliphatic carbocycles. The average Bonchev–Trinajstić information content (AvgIpc) is 2.58. The molecule has 138 valence electrons. The van der Waals surface area contributed by atoms with Crippen LogP contribution in [0, 0.1) is 0 Å². The second-order valence-electron chi connectivity index (χ2n) is 5.56. The van der Waals surface area contributed by atoms with Crippen LogP contribution >= 0.6 is 11.6 Å². The van der Waals surface area contributed by atoms with Gasteiger partial charge in [-0.3, -0.25) is 14.6 Å². The molecule has 2 aromatic rings. The van der Waals surface area contributed by atoms with Crippen molar-refractivity contribution in [3.8, 4) is 5.75 Å². The molecule has 8 heteroatoms. The molecular weight excluding hydrogens is 366 g/mol. The zero-order valence-electron chi connectivity index (χ0n) is 14.0. The minimum Gasteiger partial charge on any atom is -0.486 e. The van der Waals surface area contributed by atoms with Crippen molar-refractivity contribution in [2.24, 2.45) is 0 Å². The molecule has 0 bridgehead atoms. The van der Waals surface area contributed by atoms with Crippen LogP contribution in [0.5, 0.6) is 5.75 Å². The molecule has 5 nitrogen and oxygen atoms in total. The molecule has 0 radical (unpaired) electrons. The number of carbonyl (C=O) groups excluding carboxylic acids is 2. The Morgan fingerprint density at radius 3 is 2.69 bits per heavy atom. The number of nitrogens with one attached hydrogen (secondary N) is 1. The summed E-state index contributed by atoms with van der Waals surface area (Å²) in [5.41, 5.74) is 1.60. The molecule has 0 atom stereocenters.